The number of nitrogens with one attached hydrogen (secondary N) is 2. The Morgan fingerprint density at radius 1 is 1.35 bits per heavy atom. The van der Waals surface area contributed by atoms with Crippen molar-refractivity contribution in [3.63, 3.8) is 0 Å². The summed E-state index contributed by atoms with van der Waals surface area (Å²) in [5.41, 5.74) is 7.19. The number of primary amides is 1. The number of nitrogens with two attached hydrogens (primary N) is 1. The SMILES string of the molecule is N=C1CCCC[C@@H]1n1cc(C(N)=O)c(Nc2ccc(Cl)cc2)n1. The molecule has 1 aromatic heterocycles. The fourth-order valence-electron chi connectivity index (χ4n) is 2.78. The Labute approximate surface area is 139 Å². The van der Waals surface area contributed by atoms with Crippen molar-refractivity contribution in [1.82, 2.24) is 9.78 Å². The van der Waals surface area contributed by atoms with Crippen molar-refractivity contribution >= 4 is 34.7 Å². The van der Waals surface area contributed by atoms with Gasteiger partial charge in [0.15, 0.2) is 5.82 Å². The van der Waals surface area contributed by atoms with Crippen LogP contribution in [0.5, 0.6) is 0 Å². The van der Waals surface area contributed by atoms with Crippen LogP contribution in [0.3, 0.4) is 0 Å². The Morgan fingerprint density at radius 2 is 2.09 bits per heavy atom. The summed E-state index contributed by atoms with van der Waals surface area (Å²) in [7, 11) is 0. The molecule has 0 aliphatic heterocycles. The van der Waals surface area contributed by atoms with E-state index in [9.17, 15) is 4.79 Å². The lowest BCUT2D eigenvalue weighted by Gasteiger charge is -2.23. The first-order chi connectivity index (χ1) is 11.0. The minimum Gasteiger partial charge on any atom is -0.365 e. The highest BCUT2D eigenvalue weighted by molar-refractivity contribution is 6.30. The van der Waals surface area contributed by atoms with E-state index in [1.807, 2.05) is 0 Å². The minimum atomic E-state index is -0.546. The quantitative estimate of drug-likeness (QED) is 0.799. The van der Waals surface area contributed by atoms with Crippen LogP contribution in [0.25, 0.3) is 0 Å². The molecule has 0 radical (unpaired) electrons. The summed E-state index contributed by atoms with van der Waals surface area (Å²) in [4.78, 5) is 11.7. The van der Waals surface area contributed by atoms with E-state index < -0.39 is 5.91 Å². The molecule has 4 N–H and O–H groups in total. The first kappa shape index (κ1) is 15.6. The number of carbonyl (C=O) groups excluding carboxylic acids is 1. The second kappa shape index (κ2) is 6.42. The molecule has 6 nitrogen and oxygen atoms in total. The number of nitrogens with zero attached hydrogens (tertiary/aromatic N) is 2. The number of rotatable bonds is 4. The predicted molar refractivity (Wildman–Crippen MR) is 90.7 cm³/mol. The molecule has 1 aromatic carbocycles. The average Bonchev–Trinajstić information content (AvgIpc) is 2.94. The summed E-state index contributed by atoms with van der Waals surface area (Å²) >= 11 is 5.87. The maximum absolute atomic E-state index is 11.7. The van der Waals surface area contributed by atoms with Gasteiger partial charge in [-0.15, -0.1) is 0 Å². The van der Waals surface area contributed by atoms with Crippen LogP contribution in [-0.4, -0.2) is 21.4 Å². The lowest BCUT2D eigenvalue weighted by molar-refractivity contribution is 0.100. The van der Waals surface area contributed by atoms with Crippen molar-refractivity contribution in [2.75, 3.05) is 5.32 Å². The minimum absolute atomic E-state index is 0.0948. The monoisotopic (exact) mass is 331 g/mol. The normalized spacial score (nSPS) is 18.0. The maximum Gasteiger partial charge on any atom is 0.254 e. The number of benzene rings is 1. The largest absolute Gasteiger partial charge is 0.365 e. The van der Waals surface area contributed by atoms with E-state index >= 15 is 0 Å². The van der Waals surface area contributed by atoms with Gasteiger partial charge in [-0.3, -0.25) is 9.48 Å². The third-order valence-corrected chi connectivity index (χ3v) is 4.25. The molecule has 0 unspecified atom stereocenters. The van der Waals surface area contributed by atoms with Crippen LogP contribution in [0, 0.1) is 5.41 Å². The molecule has 3 rings (SSSR count). The van der Waals surface area contributed by atoms with Gasteiger partial charge in [0.2, 0.25) is 0 Å². The smallest absolute Gasteiger partial charge is 0.254 e. The molecule has 1 saturated carbocycles. The Hall–Kier alpha value is -2.34. The Morgan fingerprint density at radius 3 is 2.74 bits per heavy atom. The number of anilines is 2. The van der Waals surface area contributed by atoms with E-state index in [1.165, 1.54) is 0 Å². The summed E-state index contributed by atoms with van der Waals surface area (Å²) in [5.74, 6) is -0.145. The van der Waals surface area contributed by atoms with Crippen molar-refractivity contribution in [2.24, 2.45) is 5.73 Å². The zero-order valence-electron chi connectivity index (χ0n) is 12.6. The van der Waals surface area contributed by atoms with Gasteiger partial charge in [-0.25, -0.2) is 0 Å². The van der Waals surface area contributed by atoms with Crippen molar-refractivity contribution in [2.45, 2.75) is 31.7 Å². The molecule has 7 heteroatoms. The summed E-state index contributed by atoms with van der Waals surface area (Å²) in [6.07, 6.45) is 5.36. The third kappa shape index (κ3) is 3.37. The Kier molecular flexibility index (Phi) is 4.34. The summed E-state index contributed by atoms with van der Waals surface area (Å²) < 4.78 is 1.68. The highest BCUT2D eigenvalue weighted by Gasteiger charge is 2.24. The highest BCUT2D eigenvalue weighted by Crippen LogP contribution is 2.28. The van der Waals surface area contributed by atoms with Crippen molar-refractivity contribution in [1.29, 1.82) is 5.41 Å². The average molecular weight is 332 g/mol. The van der Waals surface area contributed by atoms with E-state index in [1.54, 1.807) is 35.1 Å². The molecule has 1 atom stereocenters. The van der Waals surface area contributed by atoms with E-state index in [0.717, 1.165) is 31.4 Å². The zero-order valence-corrected chi connectivity index (χ0v) is 13.3. The molecule has 1 heterocycles. The fourth-order valence-corrected chi connectivity index (χ4v) is 2.91. The molecular formula is C16H18ClN5O. The number of hydrogen-bond acceptors (Lipinski definition) is 4. The molecule has 0 saturated heterocycles. The van der Waals surface area contributed by atoms with Crippen LogP contribution in [0.2, 0.25) is 5.02 Å². The number of halogens is 1. The topological polar surface area (TPSA) is 96.8 Å². The second-order valence-electron chi connectivity index (χ2n) is 5.65. The van der Waals surface area contributed by atoms with Crippen LogP contribution >= 0.6 is 11.6 Å². The fraction of sp³-hybridized carbons (Fsp3) is 0.312. The molecule has 0 bridgehead atoms. The highest BCUT2D eigenvalue weighted by atomic mass is 35.5. The van der Waals surface area contributed by atoms with Gasteiger partial charge >= 0.3 is 0 Å². The molecule has 1 amide bonds. The van der Waals surface area contributed by atoms with Crippen LogP contribution < -0.4 is 11.1 Å². The van der Waals surface area contributed by atoms with Gasteiger partial charge in [0.1, 0.15) is 5.56 Å². The van der Waals surface area contributed by atoms with Crippen molar-refractivity contribution in [3.8, 4) is 0 Å². The molecule has 1 aliphatic carbocycles. The maximum atomic E-state index is 11.7. The van der Waals surface area contributed by atoms with Gasteiger partial charge in [0, 0.05) is 22.6 Å². The van der Waals surface area contributed by atoms with Crippen LogP contribution in [0.1, 0.15) is 42.1 Å². The van der Waals surface area contributed by atoms with Gasteiger partial charge in [0.05, 0.1) is 6.04 Å². The van der Waals surface area contributed by atoms with E-state index in [4.69, 9.17) is 22.7 Å². The van der Waals surface area contributed by atoms with Crippen LogP contribution in [0.4, 0.5) is 11.5 Å². The number of hydrogen-bond donors (Lipinski definition) is 3. The summed E-state index contributed by atoms with van der Waals surface area (Å²) in [5, 5.41) is 16.3. The molecule has 2 aromatic rings. The second-order valence-corrected chi connectivity index (χ2v) is 6.09. The standard InChI is InChI=1S/C16H18ClN5O/c17-10-5-7-11(8-6-10)20-16-12(15(19)23)9-22(21-16)14-4-2-1-3-13(14)18/h5-9,14,18H,1-4H2,(H2,19,23)(H,20,21)/t14-/m0/s1. The van der Waals surface area contributed by atoms with Crippen molar-refractivity contribution < 1.29 is 4.79 Å². The van der Waals surface area contributed by atoms with Gasteiger partial charge in [-0.05, 0) is 43.5 Å². The van der Waals surface area contributed by atoms with Crippen LogP contribution in [-0.2, 0) is 0 Å². The first-order valence-corrected chi connectivity index (χ1v) is 7.91. The van der Waals surface area contributed by atoms with Gasteiger partial charge in [-0.2, -0.15) is 5.10 Å². The molecule has 1 fully saturated rings. The molecule has 1 aliphatic rings. The lowest BCUT2D eigenvalue weighted by atomic mass is 9.93. The van der Waals surface area contributed by atoms with Gasteiger partial charge < -0.3 is 16.5 Å². The molecule has 23 heavy (non-hydrogen) atoms. The number of amides is 1. The summed E-state index contributed by atoms with van der Waals surface area (Å²) in [6.45, 7) is 0. The third-order valence-electron chi connectivity index (χ3n) is 4.00. The zero-order chi connectivity index (χ0) is 16.4. The van der Waals surface area contributed by atoms with Gasteiger partial charge in [0.25, 0.3) is 5.91 Å². The summed E-state index contributed by atoms with van der Waals surface area (Å²) in [6, 6.07) is 7.01. The number of carbonyl (C=O) groups is 1. The first-order valence-electron chi connectivity index (χ1n) is 7.53. The lowest BCUT2D eigenvalue weighted by Crippen LogP contribution is -2.23. The van der Waals surface area contributed by atoms with E-state index in [-0.39, 0.29) is 6.04 Å². The number of aromatic nitrogens is 2. The molecule has 120 valence electrons. The predicted octanol–water partition coefficient (Wildman–Crippen LogP) is 3.51. The Balaban J connectivity index is 1.91. The van der Waals surface area contributed by atoms with Gasteiger partial charge in [-0.1, -0.05) is 18.0 Å². The van der Waals surface area contributed by atoms with Crippen LogP contribution in [0.15, 0.2) is 30.5 Å². The van der Waals surface area contributed by atoms with E-state index in [2.05, 4.69) is 10.4 Å². The molecule has 0 spiro atoms. The van der Waals surface area contributed by atoms with E-state index in [0.29, 0.717) is 22.1 Å². The van der Waals surface area contributed by atoms with Crippen molar-refractivity contribution in [3.05, 3.63) is 41.0 Å². The Bertz CT molecular complexity index is 737. The molecular weight excluding hydrogens is 314 g/mol.